The third-order valence-electron chi connectivity index (χ3n) is 5.39. The lowest BCUT2D eigenvalue weighted by atomic mass is 10.0. The van der Waals surface area contributed by atoms with E-state index in [9.17, 15) is 27.6 Å². The number of pyridine rings is 1. The van der Waals surface area contributed by atoms with Crippen molar-refractivity contribution in [3.05, 3.63) is 99.1 Å². The van der Waals surface area contributed by atoms with Gasteiger partial charge in [-0.25, -0.2) is 22.9 Å². The second-order valence-corrected chi connectivity index (χ2v) is 7.53. The van der Waals surface area contributed by atoms with Crippen LogP contribution in [0.5, 0.6) is 0 Å². The van der Waals surface area contributed by atoms with Crippen LogP contribution in [0, 0.1) is 17.5 Å². The molecule has 3 N–H and O–H groups in total. The number of nitrogens with one attached hydrogen (secondary N) is 2. The van der Waals surface area contributed by atoms with Crippen molar-refractivity contribution < 1.29 is 27.9 Å². The second kappa shape index (κ2) is 7.73. The van der Waals surface area contributed by atoms with Crippen LogP contribution in [0.3, 0.4) is 0 Å². The minimum absolute atomic E-state index is 0.00930. The average Bonchev–Trinajstić information content (AvgIpc) is 3.38. The fourth-order valence-electron chi connectivity index (χ4n) is 3.80. The Morgan fingerprint density at radius 1 is 1.06 bits per heavy atom. The number of hydrogen-bond acceptors (Lipinski definition) is 4. The van der Waals surface area contributed by atoms with Crippen molar-refractivity contribution >= 4 is 33.7 Å². The van der Waals surface area contributed by atoms with E-state index in [1.807, 2.05) is 0 Å². The van der Waals surface area contributed by atoms with Gasteiger partial charge in [-0.3, -0.25) is 9.59 Å². The van der Waals surface area contributed by atoms with E-state index in [0.29, 0.717) is 29.0 Å². The summed E-state index contributed by atoms with van der Waals surface area (Å²) in [6.45, 7) is 0.00930. The quantitative estimate of drug-likeness (QED) is 0.342. The number of carboxylic acids is 1. The molecule has 34 heavy (non-hydrogen) atoms. The fourth-order valence-corrected chi connectivity index (χ4v) is 3.80. The van der Waals surface area contributed by atoms with Crippen molar-refractivity contribution in [2.24, 2.45) is 0 Å². The van der Waals surface area contributed by atoms with Crippen molar-refractivity contribution in [2.75, 3.05) is 0 Å². The molecule has 0 bridgehead atoms. The first-order valence-corrected chi connectivity index (χ1v) is 9.84. The highest BCUT2D eigenvalue weighted by Gasteiger charge is 2.24. The number of nitrogens with zero attached hydrogens (tertiary/aromatic N) is 2. The molecule has 5 aromatic rings. The van der Waals surface area contributed by atoms with Crippen molar-refractivity contribution in [1.29, 1.82) is 0 Å². The van der Waals surface area contributed by atoms with Gasteiger partial charge in [-0.15, -0.1) is 0 Å². The van der Waals surface area contributed by atoms with Crippen LogP contribution in [0.1, 0.15) is 32.1 Å². The SMILES string of the molecule is O=C(O)c1ccc2nc(Cn3ccc4c(C(=O)c5c(F)cc(F)cc5F)c[nH]c4c3=O)[nH]c2c1. The Hall–Kier alpha value is -4.67. The molecule has 2 aromatic carbocycles. The summed E-state index contributed by atoms with van der Waals surface area (Å²) < 4.78 is 42.6. The zero-order valence-corrected chi connectivity index (χ0v) is 17.0. The van der Waals surface area contributed by atoms with E-state index in [4.69, 9.17) is 5.11 Å². The smallest absolute Gasteiger partial charge is 0.335 e. The molecule has 3 aromatic heterocycles. The molecule has 0 atom stereocenters. The van der Waals surface area contributed by atoms with Gasteiger partial charge in [-0.2, -0.15) is 0 Å². The number of carboxylic acid groups (broad SMARTS) is 1. The van der Waals surface area contributed by atoms with Gasteiger partial charge in [0, 0.05) is 35.5 Å². The predicted octanol–water partition coefficient (Wildman–Crippen LogP) is 3.60. The number of imidazole rings is 1. The van der Waals surface area contributed by atoms with Crippen LogP contribution >= 0.6 is 0 Å². The van der Waals surface area contributed by atoms with Gasteiger partial charge >= 0.3 is 5.97 Å². The number of aromatic amines is 2. The minimum Gasteiger partial charge on any atom is -0.478 e. The number of ketones is 1. The molecule has 0 unspecified atom stereocenters. The van der Waals surface area contributed by atoms with Gasteiger partial charge in [-0.05, 0) is 24.3 Å². The van der Waals surface area contributed by atoms with Crippen molar-refractivity contribution in [3.63, 3.8) is 0 Å². The Labute approximate surface area is 187 Å². The highest BCUT2D eigenvalue weighted by Crippen LogP contribution is 2.23. The van der Waals surface area contributed by atoms with E-state index in [2.05, 4.69) is 15.0 Å². The summed E-state index contributed by atoms with van der Waals surface area (Å²) in [7, 11) is 0. The van der Waals surface area contributed by atoms with E-state index >= 15 is 0 Å². The number of fused-ring (bicyclic) bond motifs is 2. The molecule has 0 aliphatic rings. The summed E-state index contributed by atoms with van der Waals surface area (Å²) >= 11 is 0. The molecule has 3 heterocycles. The number of aromatic carboxylic acids is 1. The number of benzene rings is 2. The molecule has 5 rings (SSSR count). The van der Waals surface area contributed by atoms with Gasteiger partial charge < -0.3 is 19.6 Å². The van der Waals surface area contributed by atoms with Gasteiger partial charge in [0.2, 0.25) is 5.78 Å². The molecule has 8 nitrogen and oxygen atoms in total. The Balaban J connectivity index is 1.51. The first-order valence-electron chi connectivity index (χ1n) is 9.84. The summed E-state index contributed by atoms with van der Waals surface area (Å²) in [4.78, 5) is 46.8. The van der Waals surface area contributed by atoms with Gasteiger partial charge in [0.05, 0.1) is 28.7 Å². The molecule has 0 saturated heterocycles. The van der Waals surface area contributed by atoms with E-state index < -0.39 is 40.3 Å². The molecule has 0 fully saturated rings. The van der Waals surface area contributed by atoms with E-state index in [1.54, 1.807) is 6.07 Å². The van der Waals surface area contributed by atoms with Crippen molar-refractivity contribution in [3.8, 4) is 0 Å². The number of H-pyrrole nitrogens is 2. The number of carbonyl (C=O) groups excluding carboxylic acids is 1. The molecular formula is C23H13F3N4O4. The van der Waals surface area contributed by atoms with E-state index in [-0.39, 0.29) is 28.6 Å². The van der Waals surface area contributed by atoms with E-state index in [0.717, 1.165) is 6.20 Å². The zero-order valence-electron chi connectivity index (χ0n) is 17.0. The molecule has 0 spiro atoms. The molecule has 0 radical (unpaired) electrons. The Bertz CT molecular complexity index is 1680. The fraction of sp³-hybridized carbons (Fsp3) is 0.0435. The average molecular weight is 466 g/mol. The number of hydrogen-bond donors (Lipinski definition) is 3. The molecule has 0 saturated carbocycles. The molecule has 0 aliphatic carbocycles. The summed E-state index contributed by atoms with van der Waals surface area (Å²) in [5.74, 6) is -5.58. The summed E-state index contributed by atoms with van der Waals surface area (Å²) in [6.07, 6.45) is 2.55. The van der Waals surface area contributed by atoms with Crippen LogP contribution in [-0.4, -0.2) is 36.4 Å². The summed E-state index contributed by atoms with van der Waals surface area (Å²) in [5.41, 5.74) is -0.478. The van der Waals surface area contributed by atoms with Gasteiger partial charge in [0.1, 0.15) is 28.8 Å². The normalized spacial score (nSPS) is 11.4. The number of aromatic nitrogens is 4. The largest absolute Gasteiger partial charge is 0.478 e. The zero-order chi connectivity index (χ0) is 24.1. The molecule has 0 amide bonds. The van der Waals surface area contributed by atoms with Crippen LogP contribution < -0.4 is 5.56 Å². The third kappa shape index (κ3) is 3.43. The topological polar surface area (TPSA) is 121 Å². The summed E-state index contributed by atoms with van der Waals surface area (Å²) in [5, 5.41) is 9.26. The Morgan fingerprint density at radius 2 is 1.79 bits per heavy atom. The maximum absolute atomic E-state index is 14.1. The summed E-state index contributed by atoms with van der Waals surface area (Å²) in [6, 6.07) is 6.64. The maximum Gasteiger partial charge on any atom is 0.335 e. The van der Waals surface area contributed by atoms with Crippen LogP contribution in [0.2, 0.25) is 0 Å². The first-order chi connectivity index (χ1) is 16.2. The van der Waals surface area contributed by atoms with Crippen LogP contribution in [0.25, 0.3) is 21.9 Å². The lowest BCUT2D eigenvalue weighted by Gasteiger charge is -2.05. The molecule has 11 heteroatoms. The number of carbonyl (C=O) groups is 2. The number of halogens is 3. The predicted molar refractivity (Wildman–Crippen MR) is 114 cm³/mol. The van der Waals surface area contributed by atoms with Crippen LogP contribution in [-0.2, 0) is 6.54 Å². The maximum atomic E-state index is 14.1. The molecule has 170 valence electrons. The minimum atomic E-state index is -1.35. The highest BCUT2D eigenvalue weighted by atomic mass is 19.1. The first kappa shape index (κ1) is 21.2. The van der Waals surface area contributed by atoms with Gasteiger partial charge in [0.15, 0.2) is 0 Å². The van der Waals surface area contributed by atoms with E-state index in [1.165, 1.54) is 29.0 Å². The Morgan fingerprint density at radius 3 is 2.50 bits per heavy atom. The monoisotopic (exact) mass is 466 g/mol. The molecule has 0 aliphatic heterocycles. The molecular weight excluding hydrogens is 453 g/mol. The lowest BCUT2D eigenvalue weighted by Crippen LogP contribution is -2.20. The van der Waals surface area contributed by atoms with Crippen molar-refractivity contribution in [2.45, 2.75) is 6.54 Å². The Kier molecular flexibility index (Phi) is 4.82. The second-order valence-electron chi connectivity index (χ2n) is 7.53. The number of rotatable bonds is 5. The third-order valence-corrected chi connectivity index (χ3v) is 5.39. The van der Waals surface area contributed by atoms with Crippen LogP contribution in [0.4, 0.5) is 13.2 Å². The lowest BCUT2D eigenvalue weighted by molar-refractivity contribution is 0.0696. The van der Waals surface area contributed by atoms with Crippen molar-refractivity contribution in [1.82, 2.24) is 19.5 Å². The van der Waals surface area contributed by atoms with Crippen LogP contribution in [0.15, 0.2) is 53.6 Å². The standard InChI is InChI=1S/C23H13F3N4O4/c24-11-6-14(25)19(15(26)7-11)21(31)13-8-27-20-12(13)3-4-30(22(20)32)9-18-28-16-2-1-10(23(33)34)5-17(16)29-18/h1-8,27H,9H2,(H,28,29)(H,33,34). The highest BCUT2D eigenvalue weighted by molar-refractivity contribution is 6.16. The van der Waals surface area contributed by atoms with Gasteiger partial charge in [-0.1, -0.05) is 0 Å². The van der Waals surface area contributed by atoms with Gasteiger partial charge in [0.25, 0.3) is 5.56 Å².